The average Bonchev–Trinajstić information content (AvgIpc) is 2.96. The Morgan fingerprint density at radius 2 is 1.73 bits per heavy atom. The highest BCUT2D eigenvalue weighted by atomic mass is 35.5. The van der Waals surface area contributed by atoms with Crippen LogP contribution in [-0.2, 0) is 19.1 Å². The summed E-state index contributed by atoms with van der Waals surface area (Å²) in [6.07, 6.45) is 0. The number of carbonyl (C=O) groups is 2. The minimum absolute atomic E-state index is 0.421. The van der Waals surface area contributed by atoms with Crippen molar-refractivity contribution < 1.29 is 19.1 Å². The maximum absolute atomic E-state index is 12.5. The number of rotatable bonds is 3. The Balaban J connectivity index is 2.18. The van der Waals surface area contributed by atoms with E-state index in [1.54, 1.807) is 26.0 Å². The fraction of sp³-hybridized carbons (Fsp3) is 0.278. The van der Waals surface area contributed by atoms with Crippen LogP contribution in [0.4, 0.5) is 0 Å². The van der Waals surface area contributed by atoms with Crippen LogP contribution in [0.15, 0.2) is 51.1 Å². The predicted octanol–water partition coefficient (Wildman–Crippen LogP) is 3.65. The average molecular weight is 393 g/mol. The summed E-state index contributed by atoms with van der Waals surface area (Å²) in [7, 11) is 2.67. The Morgan fingerprint density at radius 1 is 1.12 bits per heavy atom. The Kier molecular flexibility index (Phi) is 5.11. The lowest BCUT2D eigenvalue weighted by molar-refractivity contribution is -0.137. The van der Waals surface area contributed by atoms with Crippen LogP contribution in [0.5, 0.6) is 0 Å². The third-order valence-corrected chi connectivity index (χ3v) is 5.62. The van der Waals surface area contributed by atoms with E-state index in [9.17, 15) is 9.59 Å². The molecule has 0 saturated heterocycles. The van der Waals surface area contributed by atoms with Gasteiger partial charge in [0.25, 0.3) is 0 Å². The maximum Gasteiger partial charge on any atom is 0.346 e. The minimum Gasteiger partial charge on any atom is -0.466 e. The van der Waals surface area contributed by atoms with Gasteiger partial charge in [0.05, 0.1) is 31.5 Å². The number of methoxy groups -OCH3 is 2. The number of thioether (sulfide) groups is 1. The van der Waals surface area contributed by atoms with Gasteiger partial charge in [0.2, 0.25) is 0 Å². The maximum atomic E-state index is 12.5. The van der Waals surface area contributed by atoms with Crippen molar-refractivity contribution in [1.29, 1.82) is 0 Å². The van der Waals surface area contributed by atoms with Gasteiger partial charge in [-0.2, -0.15) is 0 Å². The lowest BCUT2D eigenvalue weighted by atomic mass is 9.94. The molecule has 136 valence electrons. The van der Waals surface area contributed by atoms with Crippen LogP contribution < -0.4 is 0 Å². The van der Waals surface area contributed by atoms with Crippen LogP contribution in [-0.4, -0.2) is 36.2 Å². The lowest BCUT2D eigenvalue weighted by Gasteiger charge is -2.35. The predicted molar refractivity (Wildman–Crippen MR) is 100 cm³/mol. The Hall–Kier alpha value is -2.25. The molecule has 0 spiro atoms. The first-order valence-electron chi connectivity index (χ1n) is 7.78. The standard InChI is InChI=1S/C18H17ClN2O4S/c1-9-13(16(22)24-3)14(11-5-7-12(19)8-6-11)21-10(2)15(17(23)25-4)26-18(21)20-9/h5-8,14H,1-4H3/t14-/m1/s1. The van der Waals surface area contributed by atoms with Gasteiger partial charge in [0.15, 0.2) is 5.17 Å². The van der Waals surface area contributed by atoms with Gasteiger partial charge in [0.1, 0.15) is 4.91 Å². The van der Waals surface area contributed by atoms with Gasteiger partial charge in [-0.15, -0.1) is 0 Å². The van der Waals surface area contributed by atoms with Crippen molar-refractivity contribution in [3.8, 4) is 0 Å². The van der Waals surface area contributed by atoms with Gasteiger partial charge in [-0.3, -0.25) is 0 Å². The number of ether oxygens (including phenoxy) is 2. The van der Waals surface area contributed by atoms with E-state index in [2.05, 4.69) is 4.99 Å². The van der Waals surface area contributed by atoms with E-state index in [1.165, 1.54) is 26.0 Å². The van der Waals surface area contributed by atoms with E-state index in [1.807, 2.05) is 17.0 Å². The zero-order chi connectivity index (χ0) is 19.0. The molecule has 0 saturated carbocycles. The zero-order valence-corrected chi connectivity index (χ0v) is 16.3. The van der Waals surface area contributed by atoms with Crippen molar-refractivity contribution in [2.45, 2.75) is 19.9 Å². The van der Waals surface area contributed by atoms with Gasteiger partial charge >= 0.3 is 11.9 Å². The van der Waals surface area contributed by atoms with Gasteiger partial charge in [-0.05, 0) is 43.3 Å². The van der Waals surface area contributed by atoms with Crippen LogP contribution in [0.3, 0.4) is 0 Å². The number of nitrogens with zero attached hydrogens (tertiary/aromatic N) is 2. The van der Waals surface area contributed by atoms with Crippen molar-refractivity contribution >= 4 is 40.5 Å². The fourth-order valence-electron chi connectivity index (χ4n) is 2.99. The molecule has 2 aliphatic rings. The molecule has 0 fully saturated rings. The van der Waals surface area contributed by atoms with E-state index in [0.29, 0.717) is 32.1 Å². The highest BCUT2D eigenvalue weighted by Crippen LogP contribution is 2.47. The number of allylic oxidation sites excluding steroid dienone is 2. The summed E-state index contributed by atoms with van der Waals surface area (Å²) >= 11 is 7.24. The summed E-state index contributed by atoms with van der Waals surface area (Å²) < 4.78 is 9.85. The molecule has 6 nitrogen and oxygen atoms in total. The number of fused-ring (bicyclic) bond motifs is 1. The first kappa shape index (κ1) is 18.5. The second-order valence-corrected chi connectivity index (χ2v) is 7.13. The molecule has 8 heteroatoms. The van der Waals surface area contributed by atoms with E-state index >= 15 is 0 Å². The zero-order valence-electron chi connectivity index (χ0n) is 14.7. The summed E-state index contributed by atoms with van der Waals surface area (Å²) in [5.74, 6) is -0.897. The highest BCUT2D eigenvalue weighted by molar-refractivity contribution is 8.18. The van der Waals surface area contributed by atoms with Crippen LogP contribution in [0.25, 0.3) is 0 Å². The molecule has 0 radical (unpaired) electrons. The van der Waals surface area contributed by atoms with E-state index < -0.39 is 18.0 Å². The SMILES string of the molecule is COC(=O)C1=C(C)N2C(=NC(C)=C(C(=O)OC)[C@H]2c2ccc(Cl)cc2)S1. The van der Waals surface area contributed by atoms with Gasteiger partial charge in [-0.25, -0.2) is 14.6 Å². The van der Waals surface area contributed by atoms with E-state index in [4.69, 9.17) is 21.1 Å². The number of hydrogen-bond acceptors (Lipinski definition) is 7. The summed E-state index contributed by atoms with van der Waals surface area (Å²) in [5, 5.41) is 1.21. The van der Waals surface area contributed by atoms with Crippen molar-refractivity contribution in [2.24, 2.45) is 4.99 Å². The summed E-state index contributed by atoms with van der Waals surface area (Å²) in [5.41, 5.74) is 2.49. The first-order chi connectivity index (χ1) is 12.4. The summed E-state index contributed by atoms with van der Waals surface area (Å²) in [4.78, 5) is 31.4. The molecule has 0 aromatic heterocycles. The number of amidine groups is 1. The monoisotopic (exact) mass is 392 g/mol. The molecule has 0 N–H and O–H groups in total. The number of aliphatic imine (C=N–C) groups is 1. The van der Waals surface area contributed by atoms with Crippen LogP contribution in [0, 0.1) is 0 Å². The number of benzene rings is 1. The molecule has 3 rings (SSSR count). The third-order valence-electron chi connectivity index (χ3n) is 4.24. The number of halogens is 1. The lowest BCUT2D eigenvalue weighted by Crippen LogP contribution is -2.35. The second kappa shape index (κ2) is 7.17. The van der Waals surface area contributed by atoms with Crippen molar-refractivity contribution in [3.63, 3.8) is 0 Å². The molecule has 26 heavy (non-hydrogen) atoms. The van der Waals surface area contributed by atoms with Crippen molar-refractivity contribution in [3.05, 3.63) is 56.7 Å². The largest absolute Gasteiger partial charge is 0.466 e. The Bertz CT molecular complexity index is 874. The molecule has 0 bridgehead atoms. The number of carbonyl (C=O) groups excluding carboxylic acids is 2. The molecular formula is C18H17ClN2O4S. The Labute approximate surface area is 160 Å². The fourth-order valence-corrected chi connectivity index (χ4v) is 4.24. The van der Waals surface area contributed by atoms with E-state index in [0.717, 1.165) is 5.56 Å². The smallest absolute Gasteiger partial charge is 0.346 e. The number of esters is 2. The third kappa shape index (κ3) is 3.01. The molecule has 1 atom stereocenters. The van der Waals surface area contributed by atoms with Gasteiger partial charge in [-0.1, -0.05) is 23.7 Å². The van der Waals surface area contributed by atoms with Gasteiger partial charge < -0.3 is 14.4 Å². The van der Waals surface area contributed by atoms with Crippen LogP contribution in [0.2, 0.25) is 5.02 Å². The minimum atomic E-state index is -0.470. The second-order valence-electron chi connectivity index (χ2n) is 5.72. The van der Waals surface area contributed by atoms with Crippen LogP contribution >= 0.6 is 23.4 Å². The van der Waals surface area contributed by atoms with Crippen molar-refractivity contribution in [1.82, 2.24) is 4.90 Å². The summed E-state index contributed by atoms with van der Waals surface area (Å²) in [6, 6.07) is 6.74. The molecule has 0 amide bonds. The summed E-state index contributed by atoms with van der Waals surface area (Å²) in [6.45, 7) is 3.56. The molecule has 2 aliphatic heterocycles. The first-order valence-corrected chi connectivity index (χ1v) is 8.98. The highest BCUT2D eigenvalue weighted by Gasteiger charge is 2.43. The van der Waals surface area contributed by atoms with Crippen molar-refractivity contribution in [2.75, 3.05) is 14.2 Å². The molecule has 2 heterocycles. The molecular weight excluding hydrogens is 376 g/mol. The van der Waals surface area contributed by atoms with E-state index in [-0.39, 0.29) is 0 Å². The Morgan fingerprint density at radius 3 is 2.31 bits per heavy atom. The molecule has 0 unspecified atom stereocenters. The molecule has 0 aliphatic carbocycles. The molecule has 1 aromatic rings. The molecule has 1 aromatic carbocycles. The normalized spacial score (nSPS) is 19.3. The topological polar surface area (TPSA) is 68.2 Å². The van der Waals surface area contributed by atoms with Crippen LogP contribution in [0.1, 0.15) is 25.5 Å². The number of hydrogen-bond donors (Lipinski definition) is 0. The van der Waals surface area contributed by atoms with Gasteiger partial charge in [0, 0.05) is 10.7 Å². The quantitative estimate of drug-likeness (QED) is 0.731.